The van der Waals surface area contributed by atoms with Crippen LogP contribution in [0, 0.1) is 0 Å². The molecule has 0 spiro atoms. The van der Waals surface area contributed by atoms with Gasteiger partial charge < -0.3 is 0 Å². The smallest absolute Gasteiger partial charge is 0.265 e. The minimum atomic E-state index is 0.0495. The fourth-order valence-corrected chi connectivity index (χ4v) is 2.26. The van der Waals surface area contributed by atoms with E-state index in [1.807, 2.05) is 12.3 Å². The molecule has 0 radical (unpaired) electrons. The van der Waals surface area contributed by atoms with Crippen LogP contribution in [-0.2, 0) is 4.79 Å². The van der Waals surface area contributed by atoms with Crippen molar-refractivity contribution in [3.05, 3.63) is 30.2 Å². The second kappa shape index (κ2) is 2.29. The maximum Gasteiger partial charge on any atom is 0.265 e. The number of thioether (sulfide) groups is 1. The van der Waals surface area contributed by atoms with E-state index in [1.54, 1.807) is 16.7 Å². The van der Waals surface area contributed by atoms with Crippen LogP contribution in [0.15, 0.2) is 30.2 Å². The number of β-lactam (4-membered cyclic amide) rings is 1. The summed E-state index contributed by atoms with van der Waals surface area (Å²) in [6.45, 7) is 3.48. The van der Waals surface area contributed by atoms with Gasteiger partial charge in [-0.1, -0.05) is 12.7 Å². The van der Waals surface area contributed by atoms with Crippen LogP contribution in [0.25, 0.3) is 0 Å². The monoisotopic (exact) mass is 165 g/mol. The first kappa shape index (κ1) is 6.77. The lowest BCUT2D eigenvalue weighted by atomic mass is 10.1. The Morgan fingerprint density at radius 3 is 3.36 bits per heavy atom. The SMILES string of the molecule is C=C=C1C(=O)N2C=CCS[C@H]12. The third kappa shape index (κ3) is 0.785. The van der Waals surface area contributed by atoms with Gasteiger partial charge in [0.05, 0.1) is 5.57 Å². The van der Waals surface area contributed by atoms with Crippen LogP contribution in [0.3, 0.4) is 0 Å². The van der Waals surface area contributed by atoms with Crippen LogP contribution < -0.4 is 0 Å². The van der Waals surface area contributed by atoms with Gasteiger partial charge >= 0.3 is 0 Å². The molecular formula is C8H7NOS. The third-order valence-corrected chi connectivity index (χ3v) is 2.93. The van der Waals surface area contributed by atoms with Crippen molar-refractivity contribution < 1.29 is 4.79 Å². The highest BCUT2D eigenvalue weighted by atomic mass is 32.2. The number of rotatable bonds is 0. The van der Waals surface area contributed by atoms with Gasteiger partial charge in [0, 0.05) is 12.0 Å². The summed E-state index contributed by atoms with van der Waals surface area (Å²) >= 11 is 1.73. The van der Waals surface area contributed by atoms with E-state index in [0.29, 0.717) is 0 Å². The van der Waals surface area contributed by atoms with Crippen LogP contribution in [0.4, 0.5) is 0 Å². The van der Waals surface area contributed by atoms with Crippen molar-refractivity contribution >= 4 is 17.7 Å². The van der Waals surface area contributed by atoms with Crippen LogP contribution in [0.2, 0.25) is 0 Å². The Labute approximate surface area is 69.3 Å². The molecule has 2 aliphatic heterocycles. The number of hydrogen-bond donors (Lipinski definition) is 0. The van der Waals surface area contributed by atoms with Crippen LogP contribution in [-0.4, -0.2) is 21.9 Å². The van der Waals surface area contributed by atoms with Crippen molar-refractivity contribution in [1.29, 1.82) is 0 Å². The summed E-state index contributed by atoms with van der Waals surface area (Å²) in [5.74, 6) is 1.02. The average molecular weight is 165 g/mol. The number of hydrogen-bond acceptors (Lipinski definition) is 2. The van der Waals surface area contributed by atoms with E-state index in [1.165, 1.54) is 0 Å². The van der Waals surface area contributed by atoms with Crippen LogP contribution in [0.5, 0.6) is 0 Å². The van der Waals surface area contributed by atoms with Crippen LogP contribution >= 0.6 is 11.8 Å². The van der Waals surface area contributed by atoms with Gasteiger partial charge in [0.1, 0.15) is 5.37 Å². The molecule has 0 unspecified atom stereocenters. The summed E-state index contributed by atoms with van der Waals surface area (Å²) in [5.41, 5.74) is 3.39. The van der Waals surface area contributed by atoms with E-state index in [4.69, 9.17) is 0 Å². The van der Waals surface area contributed by atoms with Crippen molar-refractivity contribution in [2.24, 2.45) is 0 Å². The zero-order valence-electron chi connectivity index (χ0n) is 5.91. The Morgan fingerprint density at radius 1 is 1.82 bits per heavy atom. The Hall–Kier alpha value is -0.920. The molecule has 2 heterocycles. The van der Waals surface area contributed by atoms with Gasteiger partial charge in [-0.2, -0.15) is 0 Å². The predicted octanol–water partition coefficient (Wildman–Crippen LogP) is 1.13. The van der Waals surface area contributed by atoms with Gasteiger partial charge in [-0.3, -0.25) is 9.69 Å². The maximum atomic E-state index is 11.1. The zero-order valence-corrected chi connectivity index (χ0v) is 6.73. The summed E-state index contributed by atoms with van der Waals surface area (Å²) in [6.07, 6.45) is 3.82. The van der Waals surface area contributed by atoms with Crippen LogP contribution in [0.1, 0.15) is 0 Å². The number of fused-ring (bicyclic) bond motifs is 1. The zero-order chi connectivity index (χ0) is 7.84. The highest BCUT2D eigenvalue weighted by Gasteiger charge is 2.42. The molecular weight excluding hydrogens is 158 g/mol. The van der Waals surface area contributed by atoms with E-state index in [-0.39, 0.29) is 11.3 Å². The predicted molar refractivity (Wildman–Crippen MR) is 44.9 cm³/mol. The van der Waals surface area contributed by atoms with E-state index in [0.717, 1.165) is 11.3 Å². The molecule has 0 N–H and O–H groups in total. The maximum absolute atomic E-state index is 11.1. The molecule has 3 heteroatoms. The first-order chi connectivity index (χ1) is 5.34. The molecule has 1 atom stereocenters. The highest BCUT2D eigenvalue weighted by Crippen LogP contribution is 2.36. The van der Waals surface area contributed by atoms with Crippen molar-refractivity contribution in [2.75, 3.05) is 5.75 Å². The van der Waals surface area contributed by atoms with E-state index < -0.39 is 0 Å². The van der Waals surface area contributed by atoms with Crippen molar-refractivity contribution in [3.63, 3.8) is 0 Å². The van der Waals surface area contributed by atoms with Gasteiger partial charge in [-0.15, -0.1) is 17.5 Å². The minimum Gasteiger partial charge on any atom is -0.297 e. The fourth-order valence-electron chi connectivity index (χ4n) is 1.20. The second-order valence-corrected chi connectivity index (χ2v) is 3.49. The molecule has 0 aromatic heterocycles. The minimum absolute atomic E-state index is 0.0495. The number of amides is 1. The molecule has 2 rings (SSSR count). The molecule has 2 nitrogen and oxygen atoms in total. The van der Waals surface area contributed by atoms with Gasteiger partial charge in [-0.25, -0.2) is 0 Å². The van der Waals surface area contributed by atoms with E-state index >= 15 is 0 Å². The topological polar surface area (TPSA) is 20.3 Å². The van der Waals surface area contributed by atoms with E-state index in [9.17, 15) is 4.79 Å². The molecule has 1 amide bonds. The summed E-state index contributed by atoms with van der Waals surface area (Å²) in [7, 11) is 0. The molecule has 1 saturated heterocycles. The lowest BCUT2D eigenvalue weighted by molar-refractivity contribution is -0.130. The lowest BCUT2D eigenvalue weighted by Gasteiger charge is -2.40. The third-order valence-electron chi connectivity index (χ3n) is 1.77. The summed E-state index contributed by atoms with van der Waals surface area (Å²) in [5, 5.41) is 0.199. The Bertz CT molecular complexity index is 288. The first-order valence-electron chi connectivity index (χ1n) is 3.35. The largest absolute Gasteiger partial charge is 0.297 e. The van der Waals surface area contributed by atoms with Crippen molar-refractivity contribution in [2.45, 2.75) is 5.37 Å². The van der Waals surface area contributed by atoms with Gasteiger partial charge in [-0.05, 0) is 0 Å². The molecule has 0 aliphatic carbocycles. The molecule has 1 fully saturated rings. The molecule has 11 heavy (non-hydrogen) atoms. The molecule has 0 bridgehead atoms. The first-order valence-corrected chi connectivity index (χ1v) is 4.40. The fraction of sp³-hybridized carbons (Fsp3) is 0.250. The van der Waals surface area contributed by atoms with E-state index in [2.05, 4.69) is 12.3 Å². The number of nitrogens with zero attached hydrogens (tertiary/aromatic N) is 1. The van der Waals surface area contributed by atoms with Crippen molar-refractivity contribution in [1.82, 2.24) is 4.90 Å². The standard InChI is InChI=1S/C8H7NOS/c1-2-6-7(10)9-4-3-5-11-8(6)9/h3-4,8H,1,5H2/t8-/m1/s1. The Balaban J connectivity index is 2.32. The van der Waals surface area contributed by atoms with Crippen molar-refractivity contribution in [3.8, 4) is 0 Å². The Kier molecular flexibility index (Phi) is 1.41. The molecule has 2 aliphatic rings. The molecule has 0 saturated carbocycles. The van der Waals surface area contributed by atoms with Gasteiger partial charge in [0.15, 0.2) is 0 Å². The summed E-state index contributed by atoms with van der Waals surface area (Å²) in [4.78, 5) is 12.9. The van der Waals surface area contributed by atoms with Gasteiger partial charge in [0.2, 0.25) is 0 Å². The molecule has 0 aromatic carbocycles. The average Bonchev–Trinajstić information content (AvgIpc) is 2.05. The summed E-state index contributed by atoms with van der Waals surface area (Å²) < 4.78 is 0. The molecule has 0 aromatic rings. The lowest BCUT2D eigenvalue weighted by Crippen LogP contribution is -2.50. The summed E-state index contributed by atoms with van der Waals surface area (Å²) in [6, 6.07) is 0. The normalized spacial score (nSPS) is 27.6. The molecule has 56 valence electrons. The quantitative estimate of drug-likeness (QED) is 0.304. The number of carbonyl (C=O) groups is 1. The second-order valence-electron chi connectivity index (χ2n) is 2.37. The number of carbonyl (C=O) groups excluding carboxylic acids is 1. The Morgan fingerprint density at radius 2 is 2.64 bits per heavy atom. The highest BCUT2D eigenvalue weighted by molar-refractivity contribution is 8.00. The van der Waals surface area contributed by atoms with Gasteiger partial charge in [0.25, 0.3) is 5.91 Å².